The van der Waals surface area contributed by atoms with Crippen LogP contribution in [0, 0.1) is 0 Å². The predicted molar refractivity (Wildman–Crippen MR) is 80.4 cm³/mol. The van der Waals surface area contributed by atoms with E-state index in [0.717, 1.165) is 19.5 Å². The van der Waals surface area contributed by atoms with Crippen molar-refractivity contribution < 1.29 is 14.6 Å². The number of benzene rings is 1. The van der Waals surface area contributed by atoms with Crippen LogP contribution in [-0.2, 0) is 0 Å². The maximum atomic E-state index is 10.7. The lowest BCUT2D eigenvalue weighted by atomic mass is 10.2. The summed E-state index contributed by atoms with van der Waals surface area (Å²) in [5, 5.41) is 8.81. The predicted octanol–water partition coefficient (Wildman–Crippen LogP) is 3.05. The molecule has 20 heavy (non-hydrogen) atoms. The van der Waals surface area contributed by atoms with Gasteiger partial charge in [0.2, 0.25) is 0 Å². The van der Waals surface area contributed by atoms with Crippen LogP contribution < -0.4 is 4.74 Å². The van der Waals surface area contributed by atoms with Crippen LogP contribution >= 0.6 is 0 Å². The van der Waals surface area contributed by atoms with Crippen molar-refractivity contribution in [3.63, 3.8) is 0 Å². The molecule has 0 heterocycles. The molecule has 0 aliphatic heterocycles. The lowest BCUT2D eigenvalue weighted by Crippen LogP contribution is -2.36. The van der Waals surface area contributed by atoms with Gasteiger partial charge in [0.1, 0.15) is 12.4 Å². The Morgan fingerprint density at radius 1 is 1.45 bits per heavy atom. The highest BCUT2D eigenvalue weighted by Gasteiger charge is 2.10. The van der Waals surface area contributed by atoms with Gasteiger partial charge in [-0.05, 0) is 37.6 Å². The number of aromatic carboxylic acids is 1. The van der Waals surface area contributed by atoms with E-state index in [2.05, 4.69) is 25.3 Å². The summed E-state index contributed by atoms with van der Waals surface area (Å²) in [5.74, 6) is -0.233. The van der Waals surface area contributed by atoms with Crippen LogP contribution in [0.5, 0.6) is 5.75 Å². The molecule has 0 fully saturated rings. The van der Waals surface area contributed by atoms with Crippen LogP contribution in [0.2, 0.25) is 0 Å². The summed E-state index contributed by atoms with van der Waals surface area (Å²) in [6.45, 7) is 10.4. The average molecular weight is 277 g/mol. The zero-order valence-electron chi connectivity index (χ0n) is 12.2. The van der Waals surface area contributed by atoms with Crippen LogP contribution in [-0.4, -0.2) is 41.7 Å². The third-order valence-corrected chi connectivity index (χ3v) is 3.33. The number of nitrogens with zero attached hydrogens (tertiary/aromatic N) is 1. The Labute approximate surface area is 120 Å². The lowest BCUT2D eigenvalue weighted by molar-refractivity contribution is 0.0697. The molecule has 0 aliphatic rings. The van der Waals surface area contributed by atoms with Gasteiger partial charge >= 0.3 is 5.97 Å². The summed E-state index contributed by atoms with van der Waals surface area (Å²) in [6, 6.07) is 6.96. The first-order chi connectivity index (χ1) is 9.58. The minimum absolute atomic E-state index is 0.269. The van der Waals surface area contributed by atoms with E-state index >= 15 is 0 Å². The fourth-order valence-corrected chi connectivity index (χ4v) is 1.89. The second-order valence-electron chi connectivity index (χ2n) is 4.72. The fourth-order valence-electron chi connectivity index (χ4n) is 1.89. The Morgan fingerprint density at radius 2 is 2.10 bits per heavy atom. The molecular weight excluding hydrogens is 254 g/mol. The quantitative estimate of drug-likeness (QED) is 0.705. The number of rotatable bonds is 9. The number of hydrogen-bond donors (Lipinski definition) is 1. The SMILES string of the molecule is C=CCN(CCOc1ccc(C(=O)O)cc1)C(C)CC. The Morgan fingerprint density at radius 3 is 2.60 bits per heavy atom. The lowest BCUT2D eigenvalue weighted by Gasteiger charge is -2.26. The van der Waals surface area contributed by atoms with Crippen molar-refractivity contribution >= 4 is 5.97 Å². The molecule has 0 bridgehead atoms. The number of carbonyl (C=O) groups is 1. The molecule has 110 valence electrons. The molecular formula is C16H23NO3. The van der Waals surface area contributed by atoms with E-state index < -0.39 is 5.97 Å². The molecule has 4 nitrogen and oxygen atoms in total. The molecule has 1 aromatic carbocycles. The normalized spacial score (nSPS) is 12.2. The van der Waals surface area contributed by atoms with Crippen molar-refractivity contribution in [2.45, 2.75) is 26.3 Å². The van der Waals surface area contributed by atoms with Gasteiger partial charge in [0.15, 0.2) is 0 Å². The van der Waals surface area contributed by atoms with Gasteiger partial charge in [0, 0.05) is 19.1 Å². The molecule has 0 amide bonds. The molecule has 0 aliphatic carbocycles. The van der Waals surface area contributed by atoms with Gasteiger partial charge in [-0.25, -0.2) is 4.79 Å². The van der Waals surface area contributed by atoms with E-state index in [1.807, 2.05) is 6.08 Å². The number of carboxylic acid groups (broad SMARTS) is 1. The Balaban J connectivity index is 2.45. The molecule has 0 saturated heterocycles. The Hall–Kier alpha value is -1.81. The molecule has 0 aromatic heterocycles. The number of carboxylic acids is 1. The molecule has 0 saturated carbocycles. The van der Waals surface area contributed by atoms with E-state index in [4.69, 9.17) is 9.84 Å². The third-order valence-electron chi connectivity index (χ3n) is 3.33. The van der Waals surface area contributed by atoms with E-state index in [9.17, 15) is 4.79 Å². The van der Waals surface area contributed by atoms with Crippen LogP contribution in [0.15, 0.2) is 36.9 Å². The van der Waals surface area contributed by atoms with Crippen LogP contribution in [0.4, 0.5) is 0 Å². The monoisotopic (exact) mass is 277 g/mol. The zero-order chi connectivity index (χ0) is 15.0. The van der Waals surface area contributed by atoms with E-state index in [1.54, 1.807) is 24.3 Å². The zero-order valence-corrected chi connectivity index (χ0v) is 12.2. The highest BCUT2D eigenvalue weighted by Crippen LogP contribution is 2.12. The highest BCUT2D eigenvalue weighted by atomic mass is 16.5. The van der Waals surface area contributed by atoms with Gasteiger partial charge in [0.25, 0.3) is 0 Å². The van der Waals surface area contributed by atoms with Crippen molar-refractivity contribution in [2.24, 2.45) is 0 Å². The summed E-state index contributed by atoms with van der Waals surface area (Å²) in [5.41, 5.74) is 0.269. The highest BCUT2D eigenvalue weighted by molar-refractivity contribution is 5.87. The minimum atomic E-state index is -0.925. The van der Waals surface area contributed by atoms with Crippen LogP contribution in [0.1, 0.15) is 30.6 Å². The largest absolute Gasteiger partial charge is 0.492 e. The standard InChI is InChI=1S/C16H23NO3/c1-4-10-17(13(3)5-2)11-12-20-15-8-6-14(7-9-15)16(18)19/h4,6-9,13H,1,5,10-12H2,2-3H3,(H,18,19). The maximum absolute atomic E-state index is 10.7. The van der Waals surface area contributed by atoms with Crippen molar-refractivity contribution in [2.75, 3.05) is 19.7 Å². The molecule has 1 rings (SSSR count). The summed E-state index contributed by atoms with van der Waals surface area (Å²) in [7, 11) is 0. The topological polar surface area (TPSA) is 49.8 Å². The third kappa shape index (κ3) is 5.05. The van der Waals surface area contributed by atoms with Crippen molar-refractivity contribution in [3.05, 3.63) is 42.5 Å². The molecule has 0 radical (unpaired) electrons. The van der Waals surface area contributed by atoms with Gasteiger partial charge in [-0.2, -0.15) is 0 Å². The maximum Gasteiger partial charge on any atom is 0.335 e. The molecule has 1 unspecified atom stereocenters. The summed E-state index contributed by atoms with van der Waals surface area (Å²) < 4.78 is 5.64. The smallest absolute Gasteiger partial charge is 0.335 e. The van der Waals surface area contributed by atoms with Crippen LogP contribution in [0.25, 0.3) is 0 Å². The number of hydrogen-bond acceptors (Lipinski definition) is 3. The fraction of sp³-hybridized carbons (Fsp3) is 0.438. The summed E-state index contributed by atoms with van der Waals surface area (Å²) >= 11 is 0. The van der Waals surface area contributed by atoms with Crippen molar-refractivity contribution in [3.8, 4) is 5.75 Å². The van der Waals surface area contributed by atoms with Gasteiger partial charge in [-0.15, -0.1) is 6.58 Å². The van der Waals surface area contributed by atoms with Crippen molar-refractivity contribution in [1.29, 1.82) is 0 Å². The second kappa shape index (κ2) is 8.38. The molecule has 0 spiro atoms. The second-order valence-corrected chi connectivity index (χ2v) is 4.72. The first kappa shape index (κ1) is 16.2. The van der Waals surface area contributed by atoms with E-state index in [1.165, 1.54) is 0 Å². The van der Waals surface area contributed by atoms with Gasteiger partial charge in [0.05, 0.1) is 5.56 Å². The molecule has 1 aromatic rings. The summed E-state index contributed by atoms with van der Waals surface area (Å²) in [4.78, 5) is 13.0. The number of ether oxygens (including phenoxy) is 1. The van der Waals surface area contributed by atoms with E-state index in [-0.39, 0.29) is 5.56 Å². The van der Waals surface area contributed by atoms with Gasteiger partial charge in [-0.1, -0.05) is 13.0 Å². The minimum Gasteiger partial charge on any atom is -0.492 e. The first-order valence-corrected chi connectivity index (χ1v) is 6.89. The summed E-state index contributed by atoms with van der Waals surface area (Å²) in [6.07, 6.45) is 2.98. The molecule has 1 atom stereocenters. The van der Waals surface area contributed by atoms with Crippen LogP contribution in [0.3, 0.4) is 0 Å². The first-order valence-electron chi connectivity index (χ1n) is 6.89. The van der Waals surface area contributed by atoms with Gasteiger partial charge < -0.3 is 9.84 Å². The Kier molecular flexibility index (Phi) is 6.81. The average Bonchev–Trinajstić information content (AvgIpc) is 2.46. The molecule has 1 N–H and O–H groups in total. The molecule has 4 heteroatoms. The van der Waals surface area contributed by atoms with E-state index in [0.29, 0.717) is 18.4 Å². The Bertz CT molecular complexity index is 428. The van der Waals surface area contributed by atoms with Gasteiger partial charge in [-0.3, -0.25) is 4.90 Å². The van der Waals surface area contributed by atoms with Crippen molar-refractivity contribution in [1.82, 2.24) is 4.90 Å².